The Morgan fingerprint density at radius 2 is 2.24 bits per heavy atom. The van der Waals surface area contributed by atoms with Crippen molar-refractivity contribution in [1.29, 1.82) is 0 Å². The molecule has 0 amide bonds. The number of rotatable bonds is 3. The van der Waals surface area contributed by atoms with E-state index in [1.54, 1.807) is 0 Å². The van der Waals surface area contributed by atoms with Gasteiger partial charge in [0.25, 0.3) is 6.47 Å². The molecule has 134 valence electrons. The number of carboxylic acid groups (broad SMARTS) is 2. The molecule has 2 fully saturated rings. The molecule has 25 heavy (non-hydrogen) atoms. The Morgan fingerprint density at radius 1 is 1.48 bits per heavy atom. The third-order valence-corrected chi connectivity index (χ3v) is 4.90. The largest absolute Gasteiger partial charge is 0.483 e. The number of nitrogens with zero attached hydrogens (tertiary/aromatic N) is 3. The predicted octanol–water partition coefficient (Wildman–Crippen LogP) is 0.877. The number of hydrogen-bond acceptors (Lipinski definition) is 5. The fourth-order valence-corrected chi connectivity index (χ4v) is 3.72. The summed E-state index contributed by atoms with van der Waals surface area (Å²) in [5.74, 6) is -0.646. The number of hydrogen-bond donors (Lipinski definition) is 2. The van der Waals surface area contributed by atoms with E-state index in [2.05, 4.69) is 23.0 Å². The summed E-state index contributed by atoms with van der Waals surface area (Å²) in [6.07, 6.45) is 4.08. The Kier molecular flexibility index (Phi) is 4.73. The number of fused-ring (bicyclic) bond motifs is 2. The molecular formula is C17H21N3O5. The molecule has 4 rings (SSSR count). The summed E-state index contributed by atoms with van der Waals surface area (Å²) in [4.78, 5) is 26.8. The first-order valence-corrected chi connectivity index (χ1v) is 8.04. The molecule has 0 spiro atoms. The van der Waals surface area contributed by atoms with Crippen molar-refractivity contribution in [3.05, 3.63) is 35.8 Å². The van der Waals surface area contributed by atoms with Crippen LogP contribution in [0, 0.1) is 18.3 Å². The summed E-state index contributed by atoms with van der Waals surface area (Å²) in [6, 6.07) is 4.05. The zero-order valence-electron chi connectivity index (χ0n) is 14.0. The average molecular weight is 347 g/mol. The van der Waals surface area contributed by atoms with Crippen molar-refractivity contribution >= 4 is 18.1 Å². The van der Waals surface area contributed by atoms with Gasteiger partial charge in [0.15, 0.2) is 0 Å². The SMILES string of the molecule is Cc1ccc2nc(CN3C[C@@H]4COC[C@]4(C(=O)O)C3)cn2c1.O=CO. The Bertz CT molecular complexity index is 790. The van der Waals surface area contributed by atoms with E-state index < -0.39 is 11.4 Å². The maximum Gasteiger partial charge on any atom is 0.313 e. The standard InChI is InChI=1S/C16H19N3O3.CH2O2/c1-11-2-3-14-17-13(7-19(14)4-11)6-18-5-12-8-22-10-16(12,9-18)15(20)21;2-1-3/h2-4,7,12H,5-6,8-10H2,1H3,(H,20,21);1H,(H,2,3)/t12-,16-;/m1./s1. The van der Waals surface area contributed by atoms with Crippen LogP contribution in [0.25, 0.3) is 5.65 Å². The van der Waals surface area contributed by atoms with Crippen molar-refractivity contribution in [2.75, 3.05) is 26.3 Å². The van der Waals surface area contributed by atoms with Crippen molar-refractivity contribution in [1.82, 2.24) is 14.3 Å². The molecule has 2 saturated heterocycles. The van der Waals surface area contributed by atoms with E-state index in [0.717, 1.165) is 17.9 Å². The molecule has 0 unspecified atom stereocenters. The van der Waals surface area contributed by atoms with Crippen LogP contribution in [0.3, 0.4) is 0 Å². The summed E-state index contributed by atoms with van der Waals surface area (Å²) >= 11 is 0. The van der Waals surface area contributed by atoms with Gasteiger partial charge in [0.2, 0.25) is 0 Å². The van der Waals surface area contributed by atoms with E-state index >= 15 is 0 Å². The quantitative estimate of drug-likeness (QED) is 0.794. The van der Waals surface area contributed by atoms with Gasteiger partial charge in [-0.3, -0.25) is 14.5 Å². The van der Waals surface area contributed by atoms with Crippen molar-refractivity contribution in [2.45, 2.75) is 13.5 Å². The lowest BCUT2D eigenvalue weighted by Crippen LogP contribution is -2.38. The van der Waals surface area contributed by atoms with Crippen LogP contribution in [-0.2, 0) is 20.9 Å². The van der Waals surface area contributed by atoms with Gasteiger partial charge in [-0.2, -0.15) is 0 Å². The van der Waals surface area contributed by atoms with Gasteiger partial charge in [0, 0.05) is 37.9 Å². The molecule has 0 radical (unpaired) electrons. The van der Waals surface area contributed by atoms with E-state index in [1.165, 1.54) is 5.56 Å². The fraction of sp³-hybridized carbons (Fsp3) is 0.471. The Hall–Kier alpha value is -2.45. The van der Waals surface area contributed by atoms with Crippen molar-refractivity contribution < 1.29 is 24.5 Å². The van der Waals surface area contributed by atoms with Crippen LogP contribution >= 0.6 is 0 Å². The smallest absolute Gasteiger partial charge is 0.313 e. The zero-order chi connectivity index (χ0) is 18.0. The Balaban J connectivity index is 0.000000569. The third kappa shape index (κ3) is 3.22. The van der Waals surface area contributed by atoms with Crippen LogP contribution in [-0.4, -0.2) is 63.2 Å². The van der Waals surface area contributed by atoms with Gasteiger partial charge >= 0.3 is 5.97 Å². The Labute approximate surface area is 144 Å². The van der Waals surface area contributed by atoms with Gasteiger partial charge in [0.1, 0.15) is 11.1 Å². The second-order valence-electron chi connectivity index (χ2n) is 6.65. The van der Waals surface area contributed by atoms with Gasteiger partial charge in [0.05, 0.1) is 18.9 Å². The maximum atomic E-state index is 11.7. The van der Waals surface area contributed by atoms with Gasteiger partial charge < -0.3 is 19.4 Å². The number of pyridine rings is 1. The highest BCUT2D eigenvalue weighted by Gasteiger charge is 2.56. The van der Waals surface area contributed by atoms with Crippen LogP contribution in [0.4, 0.5) is 0 Å². The van der Waals surface area contributed by atoms with Crippen molar-refractivity contribution in [2.24, 2.45) is 11.3 Å². The van der Waals surface area contributed by atoms with E-state index in [4.69, 9.17) is 14.6 Å². The number of carboxylic acids is 1. The molecule has 2 aromatic rings. The van der Waals surface area contributed by atoms with Crippen LogP contribution < -0.4 is 0 Å². The van der Waals surface area contributed by atoms with Gasteiger partial charge in [-0.1, -0.05) is 6.07 Å². The fourth-order valence-electron chi connectivity index (χ4n) is 3.72. The zero-order valence-corrected chi connectivity index (χ0v) is 14.0. The first-order chi connectivity index (χ1) is 12.0. The minimum Gasteiger partial charge on any atom is -0.483 e. The lowest BCUT2D eigenvalue weighted by molar-refractivity contribution is -0.149. The van der Waals surface area contributed by atoms with Gasteiger partial charge in [-0.05, 0) is 18.6 Å². The first kappa shape index (κ1) is 17.4. The molecule has 8 nitrogen and oxygen atoms in total. The highest BCUT2D eigenvalue weighted by molar-refractivity contribution is 5.76. The van der Waals surface area contributed by atoms with Crippen LogP contribution in [0.15, 0.2) is 24.5 Å². The summed E-state index contributed by atoms with van der Waals surface area (Å²) in [6.45, 7) is 4.67. The molecule has 0 saturated carbocycles. The first-order valence-electron chi connectivity index (χ1n) is 8.04. The van der Waals surface area contributed by atoms with E-state index in [0.29, 0.717) is 26.3 Å². The monoisotopic (exact) mass is 347 g/mol. The number of likely N-dealkylation sites (tertiary alicyclic amines) is 1. The second-order valence-corrected chi connectivity index (χ2v) is 6.65. The number of aliphatic carboxylic acids is 1. The van der Waals surface area contributed by atoms with Gasteiger partial charge in [-0.25, -0.2) is 4.98 Å². The van der Waals surface area contributed by atoms with E-state index in [-0.39, 0.29) is 12.4 Å². The number of imidazole rings is 1. The molecule has 2 aromatic heterocycles. The molecular weight excluding hydrogens is 326 g/mol. The predicted molar refractivity (Wildman–Crippen MR) is 88.3 cm³/mol. The highest BCUT2D eigenvalue weighted by atomic mass is 16.5. The normalized spacial score (nSPS) is 25.4. The molecule has 4 heterocycles. The Morgan fingerprint density at radius 3 is 2.92 bits per heavy atom. The van der Waals surface area contributed by atoms with Crippen LogP contribution in [0.1, 0.15) is 11.3 Å². The molecule has 2 aliphatic rings. The van der Waals surface area contributed by atoms with Gasteiger partial charge in [-0.15, -0.1) is 0 Å². The van der Waals surface area contributed by atoms with Crippen LogP contribution in [0.5, 0.6) is 0 Å². The summed E-state index contributed by atoms with van der Waals surface area (Å²) in [5.41, 5.74) is 2.37. The second kappa shape index (κ2) is 6.81. The third-order valence-electron chi connectivity index (χ3n) is 4.90. The minimum absolute atomic E-state index is 0.0873. The van der Waals surface area contributed by atoms with Crippen LogP contribution in [0.2, 0.25) is 0 Å². The molecule has 0 bridgehead atoms. The lowest BCUT2D eigenvalue weighted by Gasteiger charge is -2.21. The van der Waals surface area contributed by atoms with Crippen molar-refractivity contribution in [3.8, 4) is 0 Å². The lowest BCUT2D eigenvalue weighted by atomic mass is 9.81. The number of aryl methyl sites for hydroxylation is 1. The number of ether oxygens (including phenoxy) is 1. The summed E-state index contributed by atoms with van der Waals surface area (Å²) in [7, 11) is 0. The topological polar surface area (TPSA) is 104 Å². The van der Waals surface area contributed by atoms with E-state index in [1.807, 2.05) is 22.7 Å². The number of aromatic nitrogens is 2. The van der Waals surface area contributed by atoms with E-state index in [9.17, 15) is 9.90 Å². The molecule has 0 aliphatic carbocycles. The average Bonchev–Trinajstić information content (AvgIpc) is 3.19. The molecule has 2 N–H and O–H groups in total. The molecule has 2 atom stereocenters. The molecule has 8 heteroatoms. The van der Waals surface area contributed by atoms with Crippen molar-refractivity contribution in [3.63, 3.8) is 0 Å². The maximum absolute atomic E-state index is 11.7. The summed E-state index contributed by atoms with van der Waals surface area (Å²) in [5, 5.41) is 16.5. The molecule has 0 aromatic carbocycles. The molecule has 2 aliphatic heterocycles. The highest BCUT2D eigenvalue weighted by Crippen LogP contribution is 2.41. The summed E-state index contributed by atoms with van der Waals surface area (Å²) < 4.78 is 7.43. The minimum atomic E-state index is -0.733. The number of carbonyl (C=O) groups is 2.